The summed E-state index contributed by atoms with van der Waals surface area (Å²) in [6.07, 6.45) is 0.477. The maximum absolute atomic E-state index is 12.2. The smallest absolute Gasteiger partial charge is 0.252 e. The van der Waals surface area contributed by atoms with E-state index < -0.39 is 5.91 Å². The lowest BCUT2D eigenvalue weighted by Gasteiger charge is -2.17. The predicted molar refractivity (Wildman–Crippen MR) is 121 cm³/mol. The molecular formula is C21H20Cl2N6O2. The van der Waals surface area contributed by atoms with Crippen molar-refractivity contribution in [2.24, 2.45) is 5.73 Å². The molecule has 0 saturated heterocycles. The van der Waals surface area contributed by atoms with E-state index in [0.29, 0.717) is 25.1 Å². The average molecular weight is 459 g/mol. The zero-order valence-electron chi connectivity index (χ0n) is 16.3. The van der Waals surface area contributed by atoms with Crippen LogP contribution in [0.1, 0.15) is 11.1 Å². The lowest BCUT2D eigenvalue weighted by atomic mass is 9.99. The van der Waals surface area contributed by atoms with Crippen LogP contribution in [0.2, 0.25) is 10.0 Å². The molecule has 0 aromatic heterocycles. The van der Waals surface area contributed by atoms with E-state index in [1.807, 2.05) is 6.07 Å². The first kappa shape index (κ1) is 23.7. The van der Waals surface area contributed by atoms with E-state index in [-0.39, 0.29) is 39.1 Å². The van der Waals surface area contributed by atoms with Gasteiger partial charge in [0.1, 0.15) is 0 Å². The summed E-state index contributed by atoms with van der Waals surface area (Å²) >= 11 is 12.2. The van der Waals surface area contributed by atoms with Crippen LogP contribution in [0.25, 0.3) is 0 Å². The number of carbonyl (C=O) groups is 2. The molecule has 2 aromatic rings. The van der Waals surface area contributed by atoms with Crippen molar-refractivity contribution >= 4 is 46.9 Å². The quantitative estimate of drug-likeness (QED) is 0.152. The highest BCUT2D eigenvalue weighted by atomic mass is 35.5. The van der Waals surface area contributed by atoms with Crippen LogP contribution in [-0.2, 0) is 9.59 Å². The van der Waals surface area contributed by atoms with Crippen molar-refractivity contribution in [1.29, 1.82) is 10.7 Å². The van der Waals surface area contributed by atoms with Gasteiger partial charge in [0.2, 0.25) is 6.41 Å². The van der Waals surface area contributed by atoms with Gasteiger partial charge >= 0.3 is 0 Å². The molecule has 8 nitrogen and oxygen atoms in total. The Bertz CT molecular complexity index is 1040. The van der Waals surface area contributed by atoms with E-state index in [0.717, 1.165) is 5.69 Å². The van der Waals surface area contributed by atoms with E-state index in [1.165, 1.54) is 0 Å². The molecule has 0 unspecified atom stereocenters. The Kier molecular flexibility index (Phi) is 8.88. The Balaban J connectivity index is 2.21. The zero-order valence-corrected chi connectivity index (χ0v) is 17.8. The average Bonchev–Trinajstić information content (AvgIpc) is 2.76. The lowest BCUT2D eigenvalue weighted by Crippen LogP contribution is -2.34. The van der Waals surface area contributed by atoms with Crippen LogP contribution in [0.3, 0.4) is 0 Å². The molecule has 0 aliphatic carbocycles. The molecule has 2 aromatic carbocycles. The second kappa shape index (κ2) is 11.6. The largest absolute Gasteiger partial charge is 0.384 e. The van der Waals surface area contributed by atoms with Crippen molar-refractivity contribution in [3.05, 3.63) is 74.9 Å². The Morgan fingerprint density at radius 3 is 2.48 bits per heavy atom. The Labute approximate surface area is 189 Å². The van der Waals surface area contributed by atoms with E-state index in [2.05, 4.69) is 16.0 Å². The normalized spacial score (nSPS) is 11.0. The van der Waals surface area contributed by atoms with Gasteiger partial charge in [0.25, 0.3) is 5.91 Å². The summed E-state index contributed by atoms with van der Waals surface area (Å²) in [6.45, 7) is 0.760. The molecule has 2 amide bonds. The number of nitrogens with zero attached hydrogens (tertiary/aromatic N) is 1. The lowest BCUT2D eigenvalue weighted by molar-refractivity contribution is -0.114. The number of nitriles is 1. The van der Waals surface area contributed by atoms with Gasteiger partial charge in [-0.2, -0.15) is 5.26 Å². The molecular weight excluding hydrogens is 439 g/mol. The molecule has 0 aliphatic rings. The number of primary amides is 1. The van der Waals surface area contributed by atoms with Crippen LogP contribution in [0, 0.1) is 16.7 Å². The number of halogens is 2. The first-order valence-electron chi connectivity index (χ1n) is 9.10. The van der Waals surface area contributed by atoms with Gasteiger partial charge in [-0.05, 0) is 30.3 Å². The maximum Gasteiger partial charge on any atom is 0.252 e. The third-order valence-corrected chi connectivity index (χ3v) is 5.01. The number of amides is 2. The fourth-order valence-corrected chi connectivity index (χ4v) is 3.12. The van der Waals surface area contributed by atoms with E-state index >= 15 is 0 Å². The number of nitrogens with one attached hydrogen (secondary N) is 4. The SMILES string of the molecule is N#Cc1ccc(NCCN/C(CNC=O)=C(\C(=N)c2cccc(Cl)c2Cl)C(N)=O)cc1. The molecule has 31 heavy (non-hydrogen) atoms. The molecule has 0 radical (unpaired) electrons. The third kappa shape index (κ3) is 6.47. The Hall–Kier alpha value is -3.54. The van der Waals surface area contributed by atoms with Crippen molar-refractivity contribution in [2.45, 2.75) is 0 Å². The summed E-state index contributed by atoms with van der Waals surface area (Å²) in [5.41, 5.74) is 7.09. The van der Waals surface area contributed by atoms with E-state index in [1.54, 1.807) is 42.5 Å². The number of nitrogens with two attached hydrogens (primary N) is 1. The summed E-state index contributed by atoms with van der Waals surface area (Å²) in [5, 5.41) is 26.3. The van der Waals surface area contributed by atoms with Gasteiger partial charge in [0, 0.05) is 30.0 Å². The molecule has 0 spiro atoms. The van der Waals surface area contributed by atoms with E-state index in [4.69, 9.17) is 39.6 Å². The summed E-state index contributed by atoms with van der Waals surface area (Å²) in [4.78, 5) is 23.0. The zero-order chi connectivity index (χ0) is 22.8. The molecule has 6 N–H and O–H groups in total. The minimum atomic E-state index is -0.851. The second-order valence-corrected chi connectivity index (χ2v) is 7.02. The summed E-state index contributed by atoms with van der Waals surface area (Å²) in [7, 11) is 0. The van der Waals surface area contributed by atoms with E-state index in [9.17, 15) is 9.59 Å². The monoisotopic (exact) mass is 458 g/mol. The number of carbonyl (C=O) groups excluding carboxylic acids is 2. The second-order valence-electron chi connectivity index (χ2n) is 6.24. The van der Waals surface area contributed by atoms with Gasteiger partial charge in [0.15, 0.2) is 0 Å². The van der Waals surface area contributed by atoms with Crippen molar-refractivity contribution in [1.82, 2.24) is 10.6 Å². The molecule has 0 atom stereocenters. The molecule has 0 heterocycles. The van der Waals surface area contributed by atoms with Gasteiger partial charge in [-0.3, -0.25) is 15.0 Å². The minimum Gasteiger partial charge on any atom is -0.384 e. The number of rotatable bonds is 11. The highest BCUT2D eigenvalue weighted by Crippen LogP contribution is 2.27. The van der Waals surface area contributed by atoms with Crippen molar-refractivity contribution in [2.75, 3.05) is 25.0 Å². The van der Waals surface area contributed by atoms with Crippen LogP contribution in [0.15, 0.2) is 53.7 Å². The topological polar surface area (TPSA) is 144 Å². The third-order valence-electron chi connectivity index (χ3n) is 4.19. The minimum absolute atomic E-state index is 0.0425. The molecule has 0 fully saturated rings. The van der Waals surface area contributed by atoms with Crippen LogP contribution in [0.5, 0.6) is 0 Å². The fourth-order valence-electron chi connectivity index (χ4n) is 2.72. The molecule has 0 aliphatic heterocycles. The Morgan fingerprint density at radius 1 is 1.16 bits per heavy atom. The summed E-state index contributed by atoms with van der Waals surface area (Å²) in [6, 6.07) is 13.7. The summed E-state index contributed by atoms with van der Waals surface area (Å²) < 4.78 is 0. The van der Waals surface area contributed by atoms with Crippen molar-refractivity contribution in [3.63, 3.8) is 0 Å². The molecule has 160 valence electrons. The van der Waals surface area contributed by atoms with Crippen LogP contribution in [0.4, 0.5) is 5.69 Å². The number of benzene rings is 2. The number of hydrogen-bond acceptors (Lipinski definition) is 6. The van der Waals surface area contributed by atoms with Crippen molar-refractivity contribution in [3.8, 4) is 6.07 Å². The van der Waals surface area contributed by atoms with Gasteiger partial charge in [-0.1, -0.05) is 35.3 Å². The standard InChI is InChI=1S/C21H20Cl2N6O2/c22-16-3-1-2-15(19(16)23)20(25)18(21(26)31)17(11-27-12-30)29-9-8-28-14-6-4-13(10-24)5-7-14/h1-7,12,25,28-29H,8-9,11H2,(H2,26,31)(H,27,30)/b18-17+,25-20?. The maximum atomic E-state index is 12.2. The molecule has 0 saturated carbocycles. The molecule has 0 bridgehead atoms. The van der Waals surface area contributed by atoms with Crippen LogP contribution < -0.4 is 21.7 Å². The van der Waals surface area contributed by atoms with Crippen LogP contribution >= 0.6 is 23.2 Å². The summed E-state index contributed by atoms with van der Waals surface area (Å²) in [5.74, 6) is -0.851. The highest BCUT2D eigenvalue weighted by molar-refractivity contribution is 6.45. The fraction of sp³-hybridized carbons (Fsp3) is 0.143. The van der Waals surface area contributed by atoms with Crippen LogP contribution in [-0.4, -0.2) is 37.7 Å². The first-order valence-corrected chi connectivity index (χ1v) is 9.85. The van der Waals surface area contributed by atoms with Gasteiger partial charge in [-0.25, -0.2) is 0 Å². The van der Waals surface area contributed by atoms with Crippen molar-refractivity contribution < 1.29 is 9.59 Å². The van der Waals surface area contributed by atoms with Gasteiger partial charge < -0.3 is 21.7 Å². The molecule has 2 rings (SSSR count). The predicted octanol–water partition coefficient (Wildman–Crippen LogP) is 2.42. The number of anilines is 1. The van der Waals surface area contributed by atoms with Gasteiger partial charge in [0.05, 0.1) is 39.5 Å². The highest BCUT2D eigenvalue weighted by Gasteiger charge is 2.21. The first-order chi connectivity index (χ1) is 14.9. The van der Waals surface area contributed by atoms with Gasteiger partial charge in [-0.15, -0.1) is 0 Å². The Morgan fingerprint density at radius 2 is 1.87 bits per heavy atom. The number of hydrogen-bond donors (Lipinski definition) is 5. The molecule has 10 heteroatoms.